The van der Waals surface area contributed by atoms with Gasteiger partial charge in [-0.25, -0.2) is 0 Å². The van der Waals surface area contributed by atoms with Gasteiger partial charge in [-0.05, 0) is 25.5 Å². The van der Waals surface area contributed by atoms with E-state index in [-0.39, 0.29) is 5.78 Å². The second kappa shape index (κ2) is 6.32. The van der Waals surface area contributed by atoms with Crippen molar-refractivity contribution in [2.45, 2.75) is 25.3 Å². The van der Waals surface area contributed by atoms with Gasteiger partial charge in [-0.2, -0.15) is 0 Å². The third-order valence-corrected chi connectivity index (χ3v) is 5.73. The number of piperidine rings is 1. The molecule has 6 heteroatoms. The average molecular weight is 333 g/mol. The molecule has 1 unspecified atom stereocenters. The van der Waals surface area contributed by atoms with Gasteiger partial charge in [-0.15, -0.1) is 11.3 Å². The van der Waals surface area contributed by atoms with E-state index in [1.54, 1.807) is 6.07 Å². The molecule has 0 N–H and O–H groups in total. The molecule has 20 heavy (non-hydrogen) atoms. The van der Waals surface area contributed by atoms with Crippen molar-refractivity contribution in [3.05, 3.63) is 20.3 Å². The fourth-order valence-electron chi connectivity index (χ4n) is 3.18. The second-order valence-corrected chi connectivity index (χ2v) is 7.87. The molecule has 0 amide bonds. The molecule has 0 saturated carbocycles. The third kappa shape index (κ3) is 3.20. The third-order valence-electron chi connectivity index (χ3n) is 4.25. The first-order valence-corrected chi connectivity index (χ1v) is 8.65. The minimum Gasteiger partial charge on any atom is -0.298 e. The number of Topliss-reactive ketones (excluding diaryl/α,β-unsaturated/α-hetero) is 1. The Morgan fingerprint density at radius 3 is 2.90 bits per heavy atom. The van der Waals surface area contributed by atoms with Gasteiger partial charge in [0.2, 0.25) is 0 Å². The Labute approximate surface area is 133 Å². The highest BCUT2D eigenvalue weighted by molar-refractivity contribution is 7.20. The van der Waals surface area contributed by atoms with Crippen molar-refractivity contribution >= 4 is 40.3 Å². The first-order chi connectivity index (χ1) is 9.63. The standard InChI is InChI=1S/C14H18Cl2N2OS/c15-13-7-11(14(16)20-13)12(19)9-17-5-6-18-4-2-1-3-10(18)8-17/h7,10H,1-6,8-9H2. The van der Waals surface area contributed by atoms with Gasteiger partial charge in [0.1, 0.15) is 4.34 Å². The maximum absolute atomic E-state index is 12.3. The number of nitrogens with zero attached hydrogens (tertiary/aromatic N) is 2. The highest BCUT2D eigenvalue weighted by atomic mass is 35.5. The van der Waals surface area contributed by atoms with Crippen LogP contribution in [0.1, 0.15) is 29.6 Å². The van der Waals surface area contributed by atoms with Crippen LogP contribution in [0.3, 0.4) is 0 Å². The monoisotopic (exact) mass is 332 g/mol. The number of thiophene rings is 1. The van der Waals surface area contributed by atoms with Crippen molar-refractivity contribution in [3.63, 3.8) is 0 Å². The summed E-state index contributed by atoms with van der Waals surface area (Å²) in [5, 5.41) is 0. The Balaban J connectivity index is 1.60. The van der Waals surface area contributed by atoms with Gasteiger partial charge in [0.25, 0.3) is 0 Å². The van der Waals surface area contributed by atoms with Gasteiger partial charge < -0.3 is 0 Å². The summed E-state index contributed by atoms with van der Waals surface area (Å²) in [7, 11) is 0. The predicted molar refractivity (Wildman–Crippen MR) is 84.3 cm³/mol. The number of halogens is 2. The van der Waals surface area contributed by atoms with Crippen LogP contribution in [-0.4, -0.2) is 54.3 Å². The van der Waals surface area contributed by atoms with Crippen LogP contribution < -0.4 is 0 Å². The Hall–Kier alpha value is -0.130. The van der Waals surface area contributed by atoms with Crippen LogP contribution in [0.5, 0.6) is 0 Å². The highest BCUT2D eigenvalue weighted by Crippen LogP contribution is 2.31. The molecule has 2 saturated heterocycles. The smallest absolute Gasteiger partial charge is 0.179 e. The van der Waals surface area contributed by atoms with Crippen LogP contribution in [0.25, 0.3) is 0 Å². The number of carbonyl (C=O) groups excluding carboxylic acids is 1. The Kier molecular flexibility index (Phi) is 4.68. The molecule has 1 aromatic heterocycles. The molecule has 3 rings (SSSR count). The van der Waals surface area contributed by atoms with Gasteiger partial charge in [0, 0.05) is 25.7 Å². The molecule has 3 heterocycles. The second-order valence-electron chi connectivity index (χ2n) is 5.58. The number of ketones is 1. The van der Waals surface area contributed by atoms with Crippen molar-refractivity contribution in [3.8, 4) is 0 Å². The zero-order valence-corrected chi connectivity index (χ0v) is 13.6. The van der Waals surface area contributed by atoms with Crippen molar-refractivity contribution in [2.75, 3.05) is 32.7 Å². The summed E-state index contributed by atoms with van der Waals surface area (Å²) in [6.45, 7) is 4.73. The van der Waals surface area contributed by atoms with Crippen LogP contribution in [0.4, 0.5) is 0 Å². The molecule has 2 aliphatic heterocycles. The van der Waals surface area contributed by atoms with E-state index in [2.05, 4.69) is 9.80 Å². The largest absolute Gasteiger partial charge is 0.298 e. The molecule has 3 nitrogen and oxygen atoms in total. The van der Waals surface area contributed by atoms with Crippen molar-refractivity contribution in [1.29, 1.82) is 0 Å². The number of rotatable bonds is 3. The topological polar surface area (TPSA) is 23.6 Å². The lowest BCUT2D eigenvalue weighted by molar-refractivity contribution is 0.0469. The molecule has 0 aliphatic carbocycles. The van der Waals surface area contributed by atoms with Crippen molar-refractivity contribution in [2.24, 2.45) is 0 Å². The maximum Gasteiger partial charge on any atom is 0.179 e. The summed E-state index contributed by atoms with van der Waals surface area (Å²) in [5.74, 6) is 0.0856. The summed E-state index contributed by atoms with van der Waals surface area (Å²) in [5.41, 5.74) is 0.577. The quantitative estimate of drug-likeness (QED) is 0.792. The Morgan fingerprint density at radius 1 is 1.30 bits per heavy atom. The molecule has 2 fully saturated rings. The Morgan fingerprint density at radius 2 is 2.15 bits per heavy atom. The fourth-order valence-corrected chi connectivity index (χ4v) is 4.68. The average Bonchev–Trinajstić information content (AvgIpc) is 2.78. The van der Waals surface area contributed by atoms with E-state index >= 15 is 0 Å². The highest BCUT2D eigenvalue weighted by Gasteiger charge is 2.30. The van der Waals surface area contributed by atoms with Crippen molar-refractivity contribution < 1.29 is 4.79 Å². The lowest BCUT2D eigenvalue weighted by Crippen LogP contribution is -2.55. The summed E-state index contributed by atoms with van der Waals surface area (Å²) < 4.78 is 1.09. The molecular weight excluding hydrogens is 315 g/mol. The summed E-state index contributed by atoms with van der Waals surface area (Å²) in [4.78, 5) is 17.1. The molecule has 110 valence electrons. The van der Waals surface area contributed by atoms with E-state index in [9.17, 15) is 4.79 Å². The van der Waals surface area contributed by atoms with Gasteiger partial charge in [-0.1, -0.05) is 29.6 Å². The van der Waals surface area contributed by atoms with E-state index in [4.69, 9.17) is 23.2 Å². The van der Waals surface area contributed by atoms with Crippen LogP contribution in [0, 0.1) is 0 Å². The predicted octanol–water partition coefficient (Wildman–Crippen LogP) is 3.41. The van der Waals surface area contributed by atoms with Gasteiger partial charge in [-0.3, -0.25) is 14.6 Å². The summed E-state index contributed by atoms with van der Waals surface area (Å²) >= 11 is 13.2. The zero-order chi connectivity index (χ0) is 14.1. The van der Waals surface area contributed by atoms with Crippen molar-refractivity contribution in [1.82, 2.24) is 9.80 Å². The normalized spacial score (nSPS) is 24.6. The molecule has 1 atom stereocenters. The molecule has 0 radical (unpaired) electrons. The fraction of sp³-hybridized carbons (Fsp3) is 0.643. The minimum atomic E-state index is 0.0856. The zero-order valence-electron chi connectivity index (χ0n) is 11.3. The number of hydrogen-bond donors (Lipinski definition) is 0. The van der Waals surface area contributed by atoms with Gasteiger partial charge >= 0.3 is 0 Å². The number of piperazine rings is 1. The van der Waals surface area contributed by atoms with E-state index in [1.807, 2.05) is 0 Å². The molecule has 0 bridgehead atoms. The molecule has 1 aromatic rings. The molecule has 0 aromatic carbocycles. The maximum atomic E-state index is 12.3. The van der Waals surface area contributed by atoms with Crippen LogP contribution in [-0.2, 0) is 0 Å². The van der Waals surface area contributed by atoms with E-state index in [0.717, 1.165) is 19.6 Å². The lowest BCUT2D eigenvalue weighted by atomic mass is 9.99. The molecule has 0 spiro atoms. The van der Waals surface area contributed by atoms with E-state index in [1.165, 1.54) is 37.1 Å². The SMILES string of the molecule is O=C(CN1CCN2CCCCC2C1)c1cc(Cl)sc1Cl. The minimum absolute atomic E-state index is 0.0856. The molecule has 2 aliphatic rings. The summed E-state index contributed by atoms with van der Waals surface area (Å²) in [6, 6.07) is 2.32. The van der Waals surface area contributed by atoms with Crippen LogP contribution in [0.15, 0.2) is 6.07 Å². The van der Waals surface area contributed by atoms with Gasteiger partial charge in [0.05, 0.1) is 16.4 Å². The first kappa shape index (κ1) is 14.8. The van der Waals surface area contributed by atoms with E-state index < -0.39 is 0 Å². The van der Waals surface area contributed by atoms with Gasteiger partial charge in [0.15, 0.2) is 5.78 Å². The number of carbonyl (C=O) groups is 1. The number of hydrogen-bond acceptors (Lipinski definition) is 4. The Bertz CT molecular complexity index is 505. The lowest BCUT2D eigenvalue weighted by Gasteiger charge is -2.43. The van der Waals surface area contributed by atoms with E-state index in [0.29, 0.717) is 26.8 Å². The first-order valence-electron chi connectivity index (χ1n) is 7.08. The molecular formula is C14H18Cl2N2OS. The van der Waals surface area contributed by atoms with Crippen LogP contribution >= 0.6 is 34.5 Å². The summed E-state index contributed by atoms with van der Waals surface area (Å²) in [6.07, 6.45) is 3.89. The number of fused-ring (bicyclic) bond motifs is 1. The van der Waals surface area contributed by atoms with Crippen LogP contribution in [0.2, 0.25) is 8.67 Å².